The molecule has 0 amide bonds. The van der Waals surface area contributed by atoms with Crippen molar-refractivity contribution in [3.05, 3.63) is 81.1 Å². The van der Waals surface area contributed by atoms with Crippen LogP contribution >= 0.6 is 11.8 Å². The molecule has 0 aliphatic carbocycles. The summed E-state index contributed by atoms with van der Waals surface area (Å²) in [7, 11) is 0. The van der Waals surface area contributed by atoms with Gasteiger partial charge >= 0.3 is 0 Å². The van der Waals surface area contributed by atoms with Gasteiger partial charge in [-0.05, 0) is 19.4 Å². The first-order valence-corrected chi connectivity index (χ1v) is 8.85. The van der Waals surface area contributed by atoms with Crippen molar-refractivity contribution in [2.24, 2.45) is 0 Å². The Labute approximate surface area is 150 Å². The van der Waals surface area contributed by atoms with E-state index in [1.54, 1.807) is 0 Å². The Kier molecular flexibility index (Phi) is 5.01. The molecule has 3 aromatic rings. The van der Waals surface area contributed by atoms with E-state index in [1.165, 1.54) is 17.3 Å². The molecule has 0 unspecified atom stereocenters. The Bertz CT molecular complexity index is 983. The number of nitrogens with zero attached hydrogens (tertiary/aromatic N) is 2. The molecule has 2 aromatic carbocycles. The van der Waals surface area contributed by atoms with Crippen molar-refractivity contribution in [1.29, 1.82) is 5.26 Å². The maximum absolute atomic E-state index is 12.3. The van der Waals surface area contributed by atoms with Crippen LogP contribution < -0.4 is 5.56 Å². The predicted octanol–water partition coefficient (Wildman–Crippen LogP) is 4.22. The molecule has 1 aromatic heterocycles. The minimum atomic E-state index is -0.403. The zero-order valence-electron chi connectivity index (χ0n) is 14.0. The summed E-state index contributed by atoms with van der Waals surface area (Å²) in [6.45, 7) is 4.04. The average molecular weight is 347 g/mol. The second-order valence-electron chi connectivity index (χ2n) is 5.85. The van der Waals surface area contributed by atoms with Crippen molar-refractivity contribution < 1.29 is 0 Å². The van der Waals surface area contributed by atoms with Crippen molar-refractivity contribution >= 4 is 11.8 Å². The summed E-state index contributed by atoms with van der Waals surface area (Å²) in [5, 5.41) is 9.84. The molecule has 0 aliphatic heterocycles. The zero-order valence-corrected chi connectivity index (χ0v) is 14.9. The van der Waals surface area contributed by atoms with E-state index in [1.807, 2.05) is 44.2 Å². The SMILES string of the molecule is Cc1ccc(CSc2nc(-c3ccc(C)cc3)c(C#N)c(=O)[nH]2)cc1. The van der Waals surface area contributed by atoms with Crippen LogP contribution in [0.15, 0.2) is 58.5 Å². The standard InChI is InChI=1S/C20H17N3OS/c1-13-3-7-15(8-4-13)12-25-20-22-18(17(11-21)19(24)23-20)16-9-5-14(2)6-10-16/h3-10H,12H2,1-2H3,(H,22,23,24). The lowest BCUT2D eigenvalue weighted by Crippen LogP contribution is -2.14. The van der Waals surface area contributed by atoms with Gasteiger partial charge in [-0.25, -0.2) is 4.98 Å². The number of hydrogen-bond acceptors (Lipinski definition) is 4. The first-order valence-electron chi connectivity index (χ1n) is 7.86. The molecule has 1 heterocycles. The number of aromatic nitrogens is 2. The predicted molar refractivity (Wildman–Crippen MR) is 100 cm³/mol. The average Bonchev–Trinajstić information content (AvgIpc) is 2.61. The monoisotopic (exact) mass is 347 g/mol. The highest BCUT2D eigenvalue weighted by atomic mass is 32.2. The number of aromatic amines is 1. The third-order valence-electron chi connectivity index (χ3n) is 3.83. The Balaban J connectivity index is 1.93. The van der Waals surface area contributed by atoms with Crippen molar-refractivity contribution in [3.8, 4) is 17.3 Å². The molecule has 0 saturated carbocycles. The molecular formula is C20H17N3OS. The molecular weight excluding hydrogens is 330 g/mol. The Hall–Kier alpha value is -2.84. The van der Waals surface area contributed by atoms with E-state index in [0.717, 1.165) is 16.7 Å². The van der Waals surface area contributed by atoms with Crippen LogP contribution in [-0.2, 0) is 5.75 Å². The number of nitriles is 1. The van der Waals surface area contributed by atoms with Crippen LogP contribution in [0.4, 0.5) is 0 Å². The van der Waals surface area contributed by atoms with E-state index in [2.05, 4.69) is 34.2 Å². The lowest BCUT2D eigenvalue weighted by molar-refractivity contribution is 0.934. The largest absolute Gasteiger partial charge is 0.300 e. The molecule has 0 fully saturated rings. The molecule has 5 heteroatoms. The van der Waals surface area contributed by atoms with E-state index < -0.39 is 5.56 Å². The van der Waals surface area contributed by atoms with Gasteiger partial charge in [0.05, 0.1) is 5.69 Å². The first-order chi connectivity index (χ1) is 12.1. The van der Waals surface area contributed by atoms with Gasteiger partial charge in [-0.15, -0.1) is 0 Å². The van der Waals surface area contributed by atoms with E-state index in [9.17, 15) is 10.1 Å². The van der Waals surface area contributed by atoms with E-state index in [-0.39, 0.29) is 5.56 Å². The van der Waals surface area contributed by atoms with Crippen LogP contribution in [-0.4, -0.2) is 9.97 Å². The van der Waals surface area contributed by atoms with Crippen molar-refractivity contribution in [2.45, 2.75) is 24.8 Å². The minimum absolute atomic E-state index is 0.0449. The van der Waals surface area contributed by atoms with Crippen LogP contribution in [0.2, 0.25) is 0 Å². The van der Waals surface area contributed by atoms with Gasteiger partial charge in [0.15, 0.2) is 5.16 Å². The Morgan fingerprint density at radius 1 is 1.04 bits per heavy atom. The lowest BCUT2D eigenvalue weighted by Gasteiger charge is -2.07. The Morgan fingerprint density at radius 3 is 2.24 bits per heavy atom. The van der Waals surface area contributed by atoms with Crippen LogP contribution in [0.5, 0.6) is 0 Å². The molecule has 0 saturated heterocycles. The summed E-state index contributed by atoms with van der Waals surface area (Å²) >= 11 is 1.45. The molecule has 124 valence electrons. The summed E-state index contributed by atoms with van der Waals surface area (Å²) in [6, 6.07) is 17.9. The summed E-state index contributed by atoms with van der Waals surface area (Å²) in [5.41, 5.74) is 4.31. The van der Waals surface area contributed by atoms with Gasteiger partial charge in [0, 0.05) is 11.3 Å². The van der Waals surface area contributed by atoms with Gasteiger partial charge in [0.1, 0.15) is 11.6 Å². The quantitative estimate of drug-likeness (QED) is 0.567. The second-order valence-corrected chi connectivity index (χ2v) is 6.81. The van der Waals surface area contributed by atoms with E-state index in [0.29, 0.717) is 16.6 Å². The zero-order chi connectivity index (χ0) is 17.8. The fourth-order valence-electron chi connectivity index (χ4n) is 2.38. The van der Waals surface area contributed by atoms with Gasteiger partial charge in [-0.1, -0.05) is 71.4 Å². The van der Waals surface area contributed by atoms with Crippen LogP contribution in [0, 0.1) is 25.2 Å². The summed E-state index contributed by atoms with van der Waals surface area (Å²) in [6.07, 6.45) is 0. The van der Waals surface area contributed by atoms with Crippen molar-refractivity contribution in [3.63, 3.8) is 0 Å². The second kappa shape index (κ2) is 7.37. The molecule has 25 heavy (non-hydrogen) atoms. The Morgan fingerprint density at radius 2 is 1.64 bits per heavy atom. The highest BCUT2D eigenvalue weighted by Gasteiger charge is 2.13. The maximum atomic E-state index is 12.3. The molecule has 0 bridgehead atoms. The van der Waals surface area contributed by atoms with Gasteiger partial charge in [0.25, 0.3) is 5.56 Å². The number of hydrogen-bond donors (Lipinski definition) is 1. The highest BCUT2D eigenvalue weighted by molar-refractivity contribution is 7.98. The van der Waals surface area contributed by atoms with Crippen molar-refractivity contribution in [1.82, 2.24) is 9.97 Å². The summed E-state index contributed by atoms with van der Waals surface area (Å²) in [5.74, 6) is 0.697. The van der Waals surface area contributed by atoms with Gasteiger partial charge in [-0.3, -0.25) is 4.79 Å². The molecule has 1 N–H and O–H groups in total. The van der Waals surface area contributed by atoms with Crippen LogP contribution in [0.25, 0.3) is 11.3 Å². The maximum Gasteiger partial charge on any atom is 0.270 e. The highest BCUT2D eigenvalue weighted by Crippen LogP contribution is 2.24. The number of aryl methyl sites for hydroxylation is 2. The number of H-pyrrole nitrogens is 1. The smallest absolute Gasteiger partial charge is 0.270 e. The van der Waals surface area contributed by atoms with E-state index >= 15 is 0 Å². The van der Waals surface area contributed by atoms with Gasteiger partial charge in [-0.2, -0.15) is 5.26 Å². The number of benzene rings is 2. The molecule has 3 rings (SSSR count). The van der Waals surface area contributed by atoms with Crippen LogP contribution in [0.3, 0.4) is 0 Å². The molecule has 0 spiro atoms. The molecule has 0 aliphatic rings. The first kappa shape index (κ1) is 17.0. The normalized spacial score (nSPS) is 10.4. The number of rotatable bonds is 4. The minimum Gasteiger partial charge on any atom is -0.300 e. The topological polar surface area (TPSA) is 69.5 Å². The van der Waals surface area contributed by atoms with Gasteiger partial charge < -0.3 is 4.98 Å². The fourth-order valence-corrected chi connectivity index (χ4v) is 3.20. The molecule has 0 atom stereocenters. The number of thioether (sulfide) groups is 1. The van der Waals surface area contributed by atoms with Crippen LogP contribution in [0.1, 0.15) is 22.3 Å². The summed E-state index contributed by atoms with van der Waals surface area (Å²) < 4.78 is 0. The summed E-state index contributed by atoms with van der Waals surface area (Å²) in [4.78, 5) is 19.5. The third-order valence-corrected chi connectivity index (χ3v) is 4.78. The number of nitrogens with one attached hydrogen (secondary N) is 1. The lowest BCUT2D eigenvalue weighted by atomic mass is 10.1. The molecule has 0 radical (unpaired) electrons. The van der Waals surface area contributed by atoms with Crippen molar-refractivity contribution in [2.75, 3.05) is 0 Å². The van der Waals surface area contributed by atoms with Gasteiger partial charge in [0.2, 0.25) is 0 Å². The van der Waals surface area contributed by atoms with E-state index in [4.69, 9.17) is 0 Å². The third kappa shape index (κ3) is 3.98. The molecule has 4 nitrogen and oxygen atoms in total. The fraction of sp³-hybridized carbons (Fsp3) is 0.150.